The van der Waals surface area contributed by atoms with E-state index in [1.807, 2.05) is 93.6 Å². The lowest BCUT2D eigenvalue weighted by molar-refractivity contribution is 1.20. The zero-order valence-electron chi connectivity index (χ0n) is 16.1. The van der Waals surface area contributed by atoms with Gasteiger partial charge in [-0.1, -0.05) is 24.3 Å². The molecule has 4 aromatic rings. The molecule has 0 aliphatic rings. The fourth-order valence-corrected chi connectivity index (χ4v) is 1.66. The largest absolute Gasteiger partial charge is 0.265 e. The topological polar surface area (TPSA) is 51.6 Å². The predicted molar refractivity (Wildman–Crippen MR) is 111 cm³/mol. The van der Waals surface area contributed by atoms with E-state index in [2.05, 4.69) is 19.9 Å². The van der Waals surface area contributed by atoms with Gasteiger partial charge in [0.25, 0.3) is 0 Å². The number of hydrogen-bond donors (Lipinski definition) is 0. The Balaban J connectivity index is 0.000000180. The third-order valence-electron chi connectivity index (χ3n) is 3.00. The van der Waals surface area contributed by atoms with Gasteiger partial charge >= 0.3 is 0 Å². The van der Waals surface area contributed by atoms with Crippen molar-refractivity contribution in [3.05, 3.63) is 121 Å². The van der Waals surface area contributed by atoms with Crippen LogP contribution in [0.5, 0.6) is 0 Å². The quantitative estimate of drug-likeness (QED) is 0.431. The second kappa shape index (κ2) is 14.9. The van der Waals surface area contributed by atoms with Gasteiger partial charge in [0, 0.05) is 48.1 Å². The van der Waals surface area contributed by atoms with Gasteiger partial charge in [-0.05, 0) is 69.3 Å². The molecule has 0 radical (unpaired) electrons. The van der Waals surface area contributed by atoms with Crippen molar-refractivity contribution in [2.45, 2.75) is 20.8 Å². The van der Waals surface area contributed by atoms with Crippen molar-refractivity contribution in [2.75, 3.05) is 0 Å². The Morgan fingerprint density at radius 1 is 0.407 bits per heavy atom. The van der Waals surface area contributed by atoms with Crippen LogP contribution < -0.4 is 0 Å². The molecular weight excluding hydrogens is 332 g/mol. The summed E-state index contributed by atoms with van der Waals surface area (Å²) in [6.45, 7) is 5.92. The molecule has 4 nitrogen and oxygen atoms in total. The number of hydrogen-bond acceptors (Lipinski definition) is 4. The number of aromatic nitrogens is 4. The molecule has 0 aliphatic carbocycles. The minimum Gasteiger partial charge on any atom is -0.265 e. The molecule has 0 atom stereocenters. The zero-order valence-corrected chi connectivity index (χ0v) is 16.1. The maximum absolute atomic E-state index is 3.98. The minimum atomic E-state index is 1.07. The van der Waals surface area contributed by atoms with E-state index >= 15 is 0 Å². The standard InChI is InChI=1S/3C6H7N.C5H5N/c3*1-6-4-2-3-5-7-6;1-2-4-6-5-3-1/h3*2-5H,1H3;1-5H. The van der Waals surface area contributed by atoms with Crippen LogP contribution in [0.1, 0.15) is 17.1 Å². The first-order valence-electron chi connectivity index (χ1n) is 8.66. The average Bonchev–Trinajstić information content (AvgIpc) is 2.73. The second-order valence-electron chi connectivity index (χ2n) is 5.44. The molecule has 4 heterocycles. The van der Waals surface area contributed by atoms with Gasteiger partial charge in [-0.2, -0.15) is 0 Å². The number of rotatable bonds is 0. The van der Waals surface area contributed by atoms with Gasteiger partial charge in [0.05, 0.1) is 0 Å². The van der Waals surface area contributed by atoms with Gasteiger partial charge in [0.2, 0.25) is 0 Å². The molecule has 0 N–H and O–H groups in total. The Labute approximate surface area is 162 Å². The Kier molecular flexibility index (Phi) is 11.9. The highest BCUT2D eigenvalue weighted by Gasteiger charge is 1.74. The first-order valence-corrected chi connectivity index (χ1v) is 8.66. The normalized spacial score (nSPS) is 8.56. The predicted octanol–water partition coefficient (Wildman–Crippen LogP) is 5.25. The Morgan fingerprint density at radius 3 is 0.852 bits per heavy atom. The number of aryl methyl sites for hydroxylation is 3. The fraction of sp³-hybridized carbons (Fsp3) is 0.130. The van der Waals surface area contributed by atoms with Crippen LogP contribution in [0.15, 0.2) is 104 Å². The van der Waals surface area contributed by atoms with Crippen molar-refractivity contribution >= 4 is 0 Å². The molecule has 0 saturated carbocycles. The van der Waals surface area contributed by atoms with Crippen LogP contribution in [-0.4, -0.2) is 19.9 Å². The van der Waals surface area contributed by atoms with Gasteiger partial charge < -0.3 is 0 Å². The molecular formula is C23H26N4. The van der Waals surface area contributed by atoms with E-state index in [1.54, 1.807) is 31.0 Å². The number of nitrogens with zero attached hydrogens (tertiary/aromatic N) is 4. The molecule has 0 fully saturated rings. The van der Waals surface area contributed by atoms with E-state index in [4.69, 9.17) is 0 Å². The van der Waals surface area contributed by atoms with Gasteiger partial charge in [-0.25, -0.2) is 0 Å². The monoisotopic (exact) mass is 358 g/mol. The van der Waals surface area contributed by atoms with Crippen LogP contribution in [0.2, 0.25) is 0 Å². The molecule has 0 unspecified atom stereocenters. The van der Waals surface area contributed by atoms with E-state index in [1.165, 1.54) is 0 Å². The first kappa shape index (κ1) is 21.6. The first-order chi connectivity index (χ1) is 13.2. The molecule has 4 heteroatoms. The van der Waals surface area contributed by atoms with E-state index in [9.17, 15) is 0 Å². The molecule has 4 rings (SSSR count). The fourth-order valence-electron chi connectivity index (χ4n) is 1.66. The van der Waals surface area contributed by atoms with Crippen LogP contribution in [-0.2, 0) is 0 Å². The zero-order chi connectivity index (χ0) is 19.6. The molecule has 0 bridgehead atoms. The second-order valence-corrected chi connectivity index (χ2v) is 5.44. The average molecular weight is 358 g/mol. The maximum atomic E-state index is 3.98. The van der Waals surface area contributed by atoms with E-state index in [-0.39, 0.29) is 0 Å². The van der Waals surface area contributed by atoms with Gasteiger partial charge in [-0.15, -0.1) is 0 Å². The maximum Gasteiger partial charge on any atom is 0.0372 e. The molecule has 0 saturated heterocycles. The van der Waals surface area contributed by atoms with Gasteiger partial charge in [-0.3, -0.25) is 19.9 Å². The third-order valence-corrected chi connectivity index (χ3v) is 3.00. The molecule has 0 aliphatic heterocycles. The lowest BCUT2D eigenvalue weighted by atomic mass is 10.4. The highest BCUT2D eigenvalue weighted by atomic mass is 14.6. The van der Waals surface area contributed by atoms with Crippen LogP contribution >= 0.6 is 0 Å². The summed E-state index contributed by atoms with van der Waals surface area (Å²) in [5.41, 5.74) is 3.22. The van der Waals surface area contributed by atoms with E-state index in [0.717, 1.165) is 17.1 Å². The van der Waals surface area contributed by atoms with Crippen LogP contribution in [0.3, 0.4) is 0 Å². The Bertz CT molecular complexity index is 676. The van der Waals surface area contributed by atoms with Crippen molar-refractivity contribution in [1.82, 2.24) is 19.9 Å². The smallest absolute Gasteiger partial charge is 0.0372 e. The van der Waals surface area contributed by atoms with Crippen molar-refractivity contribution in [3.63, 3.8) is 0 Å². The van der Waals surface area contributed by atoms with Crippen LogP contribution in [0, 0.1) is 20.8 Å². The highest BCUT2D eigenvalue weighted by molar-refractivity contribution is 5.01. The minimum absolute atomic E-state index is 1.07. The Morgan fingerprint density at radius 2 is 0.741 bits per heavy atom. The van der Waals surface area contributed by atoms with Crippen molar-refractivity contribution in [3.8, 4) is 0 Å². The summed E-state index contributed by atoms with van der Waals surface area (Å²) in [6.07, 6.45) is 8.86. The molecule has 27 heavy (non-hydrogen) atoms. The Hall–Kier alpha value is -3.40. The summed E-state index contributed by atoms with van der Waals surface area (Å²) in [6, 6.07) is 23.3. The summed E-state index contributed by atoms with van der Waals surface area (Å²) in [4.78, 5) is 15.7. The summed E-state index contributed by atoms with van der Waals surface area (Å²) in [5, 5.41) is 0. The molecule has 0 aromatic carbocycles. The molecule has 0 spiro atoms. The number of pyridine rings is 4. The molecule has 4 aromatic heterocycles. The summed E-state index contributed by atoms with van der Waals surface area (Å²) >= 11 is 0. The lowest BCUT2D eigenvalue weighted by Gasteiger charge is -1.82. The third kappa shape index (κ3) is 13.6. The van der Waals surface area contributed by atoms with E-state index < -0.39 is 0 Å². The van der Waals surface area contributed by atoms with Gasteiger partial charge in [0.15, 0.2) is 0 Å². The van der Waals surface area contributed by atoms with Crippen molar-refractivity contribution in [1.29, 1.82) is 0 Å². The van der Waals surface area contributed by atoms with Crippen molar-refractivity contribution < 1.29 is 0 Å². The summed E-state index contributed by atoms with van der Waals surface area (Å²) in [5.74, 6) is 0. The van der Waals surface area contributed by atoms with Gasteiger partial charge in [0.1, 0.15) is 0 Å². The van der Waals surface area contributed by atoms with Crippen LogP contribution in [0.4, 0.5) is 0 Å². The molecule has 0 amide bonds. The summed E-state index contributed by atoms with van der Waals surface area (Å²) in [7, 11) is 0. The van der Waals surface area contributed by atoms with Crippen LogP contribution in [0.25, 0.3) is 0 Å². The lowest BCUT2D eigenvalue weighted by Crippen LogP contribution is -1.72. The highest BCUT2D eigenvalue weighted by Crippen LogP contribution is 1.87. The SMILES string of the molecule is Cc1ccccn1.Cc1ccccn1.Cc1ccccn1.c1ccncc1. The molecule has 138 valence electrons. The summed E-state index contributed by atoms with van der Waals surface area (Å²) < 4.78 is 0. The van der Waals surface area contributed by atoms with Crippen molar-refractivity contribution in [2.24, 2.45) is 0 Å². The van der Waals surface area contributed by atoms with E-state index in [0.29, 0.717) is 0 Å².